The Bertz CT molecular complexity index is 1100. The molecule has 0 aliphatic carbocycles. The fourth-order valence-electron chi connectivity index (χ4n) is 2.87. The van der Waals surface area contributed by atoms with Crippen LogP contribution in [0.5, 0.6) is 0 Å². The van der Waals surface area contributed by atoms with Crippen molar-refractivity contribution in [2.45, 2.75) is 18.0 Å². The van der Waals surface area contributed by atoms with Crippen LogP contribution in [0.25, 0.3) is 0 Å². The van der Waals surface area contributed by atoms with Gasteiger partial charge in [0, 0.05) is 0 Å². The van der Waals surface area contributed by atoms with Crippen LogP contribution in [0.4, 0.5) is 32.0 Å². The van der Waals surface area contributed by atoms with E-state index in [1.165, 1.54) is 6.07 Å². The smallest absolute Gasteiger partial charge is 0.265 e. The average molecular weight is 524 g/mol. The molecule has 0 bridgehead atoms. The molecule has 1 fully saturated rings. The quantitative estimate of drug-likeness (QED) is 0.338. The summed E-state index contributed by atoms with van der Waals surface area (Å²) in [7, 11) is 0. The Kier molecular flexibility index (Phi) is 6.19. The number of nitriles is 1. The van der Waals surface area contributed by atoms with Gasteiger partial charge in [-0.2, -0.15) is 31.6 Å². The van der Waals surface area contributed by atoms with Gasteiger partial charge in [-0.25, -0.2) is 4.21 Å². The lowest BCUT2D eigenvalue weighted by atomic mass is 9.92. The molecule has 3 rings (SSSR count). The fraction of sp³-hybridized carbons (Fsp3) is 0.235. The fourth-order valence-corrected chi connectivity index (χ4v) is 4.62. The van der Waals surface area contributed by atoms with E-state index in [0.29, 0.717) is 10.4 Å². The van der Waals surface area contributed by atoms with Gasteiger partial charge in [-0.1, -0.05) is 34.8 Å². The summed E-state index contributed by atoms with van der Waals surface area (Å²) < 4.78 is 99.7. The van der Waals surface area contributed by atoms with Crippen molar-refractivity contribution in [3.63, 3.8) is 0 Å². The molecule has 2 aromatic carbocycles. The van der Waals surface area contributed by atoms with Gasteiger partial charge in [0.25, 0.3) is 11.3 Å². The number of anilines is 1. The summed E-state index contributed by atoms with van der Waals surface area (Å²) in [6.45, 7) is -1.18. The van der Waals surface area contributed by atoms with E-state index in [9.17, 15) is 30.6 Å². The molecule has 0 N–H and O–H groups in total. The largest absolute Gasteiger partial charge is 0.424 e. The topological polar surface area (TPSA) is 53.3 Å². The van der Waals surface area contributed by atoms with Crippen LogP contribution in [0.2, 0.25) is 15.1 Å². The van der Waals surface area contributed by atoms with Gasteiger partial charge < -0.3 is 0 Å². The van der Waals surface area contributed by atoms with Gasteiger partial charge in [-0.15, -0.1) is 0 Å². The minimum absolute atomic E-state index is 0.220. The third-order valence-electron chi connectivity index (χ3n) is 4.38. The van der Waals surface area contributed by atoms with E-state index < -0.39 is 58.1 Å². The van der Waals surface area contributed by atoms with Gasteiger partial charge in [0.15, 0.2) is 0 Å². The van der Waals surface area contributed by atoms with Crippen LogP contribution in [0.3, 0.4) is 0 Å². The van der Waals surface area contributed by atoms with Crippen molar-refractivity contribution >= 4 is 51.8 Å². The molecule has 31 heavy (non-hydrogen) atoms. The normalized spacial score (nSPS) is 21.9. The third-order valence-corrected chi connectivity index (χ3v) is 6.71. The lowest BCUT2D eigenvalue weighted by Gasteiger charge is -2.29. The van der Waals surface area contributed by atoms with Crippen molar-refractivity contribution in [3.05, 3.63) is 62.1 Å². The molecule has 0 radical (unpaired) electrons. The van der Waals surface area contributed by atoms with E-state index in [1.807, 2.05) is 0 Å². The van der Waals surface area contributed by atoms with Crippen molar-refractivity contribution in [1.82, 2.24) is 0 Å². The second-order valence-electron chi connectivity index (χ2n) is 6.26. The van der Waals surface area contributed by atoms with Gasteiger partial charge >= 0.3 is 12.4 Å². The van der Waals surface area contributed by atoms with Crippen LogP contribution in [0, 0.1) is 11.3 Å². The van der Waals surface area contributed by atoms with Crippen molar-refractivity contribution in [1.29, 1.82) is 5.26 Å². The van der Waals surface area contributed by atoms with E-state index in [0.717, 1.165) is 24.3 Å². The number of rotatable bonds is 2. The second-order valence-corrected chi connectivity index (χ2v) is 8.49. The summed E-state index contributed by atoms with van der Waals surface area (Å²) in [5.41, 5.74) is -6.52. The molecule has 1 heterocycles. The van der Waals surface area contributed by atoms with Crippen molar-refractivity contribution < 1.29 is 34.7 Å². The van der Waals surface area contributed by atoms with Crippen molar-refractivity contribution in [3.8, 4) is 6.07 Å². The number of hydrogen-bond donors (Lipinski definition) is 0. The minimum atomic E-state index is -5.17. The molecule has 1 aliphatic rings. The Balaban J connectivity index is 2.14. The van der Waals surface area contributed by atoms with E-state index in [4.69, 9.17) is 44.2 Å². The molecule has 14 heteroatoms. The zero-order chi connectivity index (χ0) is 23.4. The van der Waals surface area contributed by atoms with Crippen LogP contribution in [-0.4, -0.2) is 16.9 Å². The average Bonchev–Trinajstić information content (AvgIpc) is 3.03. The monoisotopic (exact) mass is 522 g/mol. The third kappa shape index (κ3) is 4.19. The molecule has 4 nitrogen and oxygen atoms in total. The van der Waals surface area contributed by atoms with E-state index in [2.05, 4.69) is 0 Å². The van der Waals surface area contributed by atoms with Crippen LogP contribution >= 0.6 is 34.8 Å². The predicted molar refractivity (Wildman–Crippen MR) is 102 cm³/mol. The second kappa shape index (κ2) is 8.01. The molecule has 2 aromatic rings. The standard InChI is InChI=1S/C17H7Cl3F6N2O2S/c18-12-3-9(4-13(19)14(12)20)15(17(24,25)26)7-28(31(29)30-15)10-2-1-8(6-27)11(5-10)16(21,22)23/h1-5H,7H2/t15-,31-/m0/s1. The number of nitrogens with zero attached hydrogens (tertiary/aromatic N) is 2. The lowest BCUT2D eigenvalue weighted by molar-refractivity contribution is -0.242. The summed E-state index contributed by atoms with van der Waals surface area (Å²) in [6.07, 6.45) is -10.1. The molecular weight excluding hydrogens is 517 g/mol. The Labute approximate surface area is 188 Å². The maximum Gasteiger partial charge on any atom is 0.424 e. The summed E-state index contributed by atoms with van der Waals surface area (Å²) >= 11 is 14.6. The number of alkyl halides is 6. The van der Waals surface area contributed by atoms with Crippen LogP contribution < -0.4 is 4.31 Å². The lowest BCUT2D eigenvalue weighted by Crippen LogP contribution is -2.46. The van der Waals surface area contributed by atoms with E-state index in [-0.39, 0.29) is 15.1 Å². The van der Waals surface area contributed by atoms with Crippen molar-refractivity contribution in [2.24, 2.45) is 0 Å². The highest BCUT2D eigenvalue weighted by Gasteiger charge is 2.64. The summed E-state index contributed by atoms with van der Waals surface area (Å²) in [6, 6.07) is 5.12. The summed E-state index contributed by atoms with van der Waals surface area (Å²) in [5.74, 6) is 0. The zero-order valence-electron chi connectivity index (χ0n) is 14.6. The highest BCUT2D eigenvalue weighted by Crippen LogP contribution is 2.50. The van der Waals surface area contributed by atoms with Crippen LogP contribution in [0.15, 0.2) is 30.3 Å². The first kappa shape index (κ1) is 23.9. The maximum atomic E-state index is 14.1. The Hall–Kier alpha value is -1.71. The van der Waals surface area contributed by atoms with Gasteiger partial charge in [0.2, 0.25) is 5.60 Å². The van der Waals surface area contributed by atoms with Crippen LogP contribution in [-0.2, 0) is 27.2 Å². The molecule has 2 atom stereocenters. The predicted octanol–water partition coefficient (Wildman–Crippen LogP) is 6.41. The highest BCUT2D eigenvalue weighted by molar-refractivity contribution is 7.82. The molecule has 0 amide bonds. The molecule has 0 spiro atoms. The first-order valence-electron chi connectivity index (χ1n) is 7.93. The number of halogens is 9. The molecule has 166 valence electrons. The Morgan fingerprint density at radius 3 is 2.13 bits per heavy atom. The SMILES string of the molecule is N#Cc1ccc(N2C[C@](c3cc(Cl)c(Cl)c(Cl)c3)(C(F)(F)F)O[S@@]2=O)cc1C(F)(F)F. The van der Waals surface area contributed by atoms with Crippen molar-refractivity contribution in [2.75, 3.05) is 10.8 Å². The molecule has 1 saturated heterocycles. The first-order chi connectivity index (χ1) is 14.2. The molecular formula is C17H7Cl3F6N2O2S. The van der Waals surface area contributed by atoms with Crippen LogP contribution in [0.1, 0.15) is 16.7 Å². The highest BCUT2D eigenvalue weighted by atomic mass is 35.5. The summed E-state index contributed by atoms with van der Waals surface area (Å²) in [4.78, 5) is 0. The summed E-state index contributed by atoms with van der Waals surface area (Å²) in [5, 5.41) is 7.98. The molecule has 0 aromatic heterocycles. The molecule has 0 unspecified atom stereocenters. The van der Waals surface area contributed by atoms with Gasteiger partial charge in [0.1, 0.15) is 0 Å². The molecule has 0 saturated carbocycles. The maximum absolute atomic E-state index is 14.1. The van der Waals surface area contributed by atoms with Gasteiger partial charge in [-0.3, -0.25) is 8.49 Å². The zero-order valence-corrected chi connectivity index (χ0v) is 17.7. The number of benzene rings is 2. The first-order valence-corrected chi connectivity index (χ1v) is 10.1. The van der Waals surface area contributed by atoms with E-state index in [1.54, 1.807) is 0 Å². The number of hydrogen-bond acceptors (Lipinski definition) is 3. The van der Waals surface area contributed by atoms with E-state index >= 15 is 0 Å². The Morgan fingerprint density at radius 2 is 1.65 bits per heavy atom. The van der Waals surface area contributed by atoms with Gasteiger partial charge in [-0.05, 0) is 35.9 Å². The Morgan fingerprint density at radius 1 is 1.06 bits per heavy atom. The van der Waals surface area contributed by atoms with Gasteiger partial charge in [0.05, 0.1) is 44.5 Å². The molecule has 1 aliphatic heterocycles. The minimum Gasteiger partial charge on any atom is -0.265 e.